The van der Waals surface area contributed by atoms with Crippen LogP contribution in [-0.4, -0.2) is 68.9 Å². The fraction of sp³-hybridized carbons (Fsp3) is 0.588. The minimum absolute atomic E-state index is 0.0731. The first kappa shape index (κ1) is 16.4. The van der Waals surface area contributed by atoms with Crippen LogP contribution in [0.15, 0.2) is 30.3 Å². The van der Waals surface area contributed by atoms with E-state index in [9.17, 15) is 4.79 Å². The van der Waals surface area contributed by atoms with Crippen molar-refractivity contribution in [2.24, 2.45) is 0 Å². The molecule has 2 saturated heterocycles. The molecule has 0 aromatic heterocycles. The first-order valence-corrected chi connectivity index (χ1v) is 9.81. The number of fused-ring (bicyclic) bond motifs is 2. The average molecular weight is 497 g/mol. The fourth-order valence-corrected chi connectivity index (χ4v) is 4.53. The van der Waals surface area contributed by atoms with Crippen LogP contribution in [0.1, 0.15) is 37.2 Å². The monoisotopic (exact) mass is 497 g/mol. The molecule has 0 N–H and O–H groups in total. The Morgan fingerprint density at radius 1 is 1.27 bits per heavy atom. The summed E-state index contributed by atoms with van der Waals surface area (Å²) in [5.41, 5.74) is 0.990. The van der Waals surface area contributed by atoms with E-state index in [2.05, 4.69) is 11.9 Å². The Morgan fingerprint density at radius 3 is 2.50 bits per heavy atom. The van der Waals surface area contributed by atoms with Gasteiger partial charge in [0.15, 0.2) is 0 Å². The average Bonchev–Trinajstić information content (AvgIpc) is 2.75. The number of benzene rings is 1. The quantitative estimate of drug-likeness (QED) is 0.460. The fourth-order valence-electron chi connectivity index (χ4n) is 3.79. The van der Waals surface area contributed by atoms with E-state index in [4.69, 9.17) is 7.42 Å². The molecule has 2 fully saturated rings. The molecule has 2 bridgehead atoms. The predicted octanol–water partition coefficient (Wildman–Crippen LogP) is 1.77. The molecule has 2 unspecified atom stereocenters. The van der Waals surface area contributed by atoms with Crippen molar-refractivity contribution in [3.8, 4) is 0 Å². The molecule has 4 atom stereocenters. The van der Waals surface area contributed by atoms with Crippen molar-refractivity contribution >= 4 is 32.2 Å². The third-order valence-electron chi connectivity index (χ3n) is 5.09. The number of rotatable bonds is 5. The van der Waals surface area contributed by atoms with Crippen molar-refractivity contribution in [2.75, 3.05) is 13.7 Å². The van der Waals surface area contributed by atoms with Gasteiger partial charge < -0.3 is 0 Å². The Hall–Kier alpha value is -0.468. The van der Waals surface area contributed by atoms with Gasteiger partial charge in [0.1, 0.15) is 0 Å². The molecule has 2 aliphatic rings. The third kappa shape index (κ3) is 3.54. The molecule has 4 nitrogen and oxygen atoms in total. The zero-order chi connectivity index (χ0) is 15.5. The zero-order valence-corrected chi connectivity index (χ0v) is 17.5. The van der Waals surface area contributed by atoms with Crippen molar-refractivity contribution in [1.82, 2.24) is 4.90 Å². The molecule has 0 amide bonds. The Bertz CT molecular complexity index is 496. The van der Waals surface area contributed by atoms with E-state index in [0.29, 0.717) is 44.9 Å². The third-order valence-corrected chi connectivity index (χ3v) is 5.84. The minimum atomic E-state index is -0.288. The Balaban J connectivity index is 1.65. The molecule has 0 spiro atoms. The molecule has 2 radical (unpaired) electrons. The van der Waals surface area contributed by atoms with Crippen molar-refractivity contribution in [2.45, 2.75) is 49.8 Å². The van der Waals surface area contributed by atoms with Gasteiger partial charge in [-0.3, -0.25) is 0 Å². The summed E-state index contributed by atoms with van der Waals surface area (Å²) in [4.78, 5) is 15.1. The van der Waals surface area contributed by atoms with Gasteiger partial charge in [-0.1, -0.05) is 0 Å². The maximum absolute atomic E-state index is 12.6. The van der Waals surface area contributed by atoms with Gasteiger partial charge in [-0.05, 0) is 0 Å². The number of nitrogens with zero attached hydrogens (tertiary/aromatic N) is 1. The Kier molecular flexibility index (Phi) is 5.51. The summed E-state index contributed by atoms with van der Waals surface area (Å²) < 4.78 is 11.3. The Labute approximate surface area is 148 Å². The van der Waals surface area contributed by atoms with Crippen LogP contribution < -0.4 is 0 Å². The topological polar surface area (TPSA) is 38.8 Å². The van der Waals surface area contributed by atoms with Gasteiger partial charge in [0, 0.05) is 0 Å². The maximum atomic E-state index is 12.6. The molecule has 3 rings (SSSR count). The van der Waals surface area contributed by atoms with E-state index in [1.54, 1.807) is 0 Å². The second kappa shape index (κ2) is 7.40. The number of hydrogen-bond donors (Lipinski definition) is 0. The van der Waals surface area contributed by atoms with Crippen LogP contribution in [0.25, 0.3) is 0 Å². The van der Waals surface area contributed by atoms with Crippen LogP contribution in [0.4, 0.5) is 0 Å². The summed E-state index contributed by atoms with van der Waals surface area (Å²) in [5.74, 6) is -0.413. The Morgan fingerprint density at radius 2 is 1.91 bits per heavy atom. The van der Waals surface area contributed by atoms with Crippen LogP contribution >= 0.6 is 0 Å². The van der Waals surface area contributed by atoms with E-state index < -0.39 is 0 Å². The van der Waals surface area contributed by atoms with E-state index in [-0.39, 0.29) is 18.0 Å². The molecule has 2 heterocycles. The van der Waals surface area contributed by atoms with E-state index in [1.807, 2.05) is 30.3 Å². The summed E-state index contributed by atoms with van der Waals surface area (Å²) in [7, 11) is 2.20. The predicted molar refractivity (Wildman–Crippen MR) is 86.0 cm³/mol. The summed E-state index contributed by atoms with van der Waals surface area (Å²) in [6.45, 7) is 0.437. The summed E-state index contributed by atoms with van der Waals surface area (Å²) in [5, 5.41) is 0. The normalized spacial score (nSPS) is 29.3. The van der Waals surface area contributed by atoms with E-state index in [1.165, 1.54) is 12.8 Å². The summed E-state index contributed by atoms with van der Waals surface area (Å²) >= 11 is 0.434. The molecular formula is C17H23NO3Pb. The second-order valence-electron chi connectivity index (χ2n) is 6.38. The van der Waals surface area contributed by atoms with Gasteiger partial charge in [-0.2, -0.15) is 0 Å². The number of ether oxygens (including phenoxy) is 1. The van der Waals surface area contributed by atoms with Crippen LogP contribution in [-0.2, 0) is 12.2 Å². The molecule has 118 valence electrons. The van der Waals surface area contributed by atoms with Gasteiger partial charge >= 0.3 is 149 Å². The van der Waals surface area contributed by atoms with E-state index >= 15 is 0 Å². The molecule has 1 aromatic carbocycles. The van der Waals surface area contributed by atoms with Gasteiger partial charge in [0.25, 0.3) is 0 Å². The van der Waals surface area contributed by atoms with Gasteiger partial charge in [0.2, 0.25) is 0 Å². The van der Waals surface area contributed by atoms with Crippen LogP contribution in [0.2, 0.25) is 0 Å². The first-order chi connectivity index (χ1) is 10.7. The molecule has 22 heavy (non-hydrogen) atoms. The zero-order valence-electron chi connectivity index (χ0n) is 13.0. The number of carbonyl (C=O) groups excluding carboxylic acids is 1. The summed E-state index contributed by atoms with van der Waals surface area (Å²) in [6.07, 6.45) is 4.50. The number of carbonyl (C=O) groups is 1. The molecular weight excluding hydrogens is 473 g/mol. The van der Waals surface area contributed by atoms with Crippen molar-refractivity contribution in [3.63, 3.8) is 0 Å². The standard InChI is InChI=1S/C17H22NO3.Pb.H/c1-18-13-7-8-14(18)10-15(9-13)21-17(20)16(11-19)12-5-3-2-4-6-12;;/h2-6,13-16H,7-11H2,1H3;;/q-1;+1;/t13-,14+,15?,16?;;. The van der Waals surface area contributed by atoms with Gasteiger partial charge in [0.05, 0.1) is 0 Å². The van der Waals surface area contributed by atoms with E-state index in [0.717, 1.165) is 18.4 Å². The van der Waals surface area contributed by atoms with Crippen molar-refractivity contribution in [1.29, 1.82) is 0 Å². The SMILES string of the molecule is CN1[C@@H]2CC[C@H]1CC(OC(=O)C(C[O][PbH])c1ccccc1)C2. The summed E-state index contributed by atoms with van der Waals surface area (Å²) in [6, 6.07) is 11.0. The van der Waals surface area contributed by atoms with Crippen molar-refractivity contribution in [3.05, 3.63) is 35.9 Å². The van der Waals surface area contributed by atoms with Crippen molar-refractivity contribution < 1.29 is 12.2 Å². The van der Waals surface area contributed by atoms with Crippen LogP contribution in [0.3, 0.4) is 0 Å². The number of esters is 1. The second-order valence-corrected chi connectivity index (χ2v) is 7.67. The van der Waals surface area contributed by atoms with Gasteiger partial charge in [-0.25, -0.2) is 0 Å². The molecule has 0 aliphatic carbocycles. The van der Waals surface area contributed by atoms with Gasteiger partial charge in [-0.15, -0.1) is 0 Å². The number of hydrogen-bond acceptors (Lipinski definition) is 4. The van der Waals surface area contributed by atoms with Crippen LogP contribution in [0.5, 0.6) is 0 Å². The molecule has 0 saturated carbocycles. The first-order valence-electron chi connectivity index (χ1n) is 7.98. The molecule has 2 aliphatic heterocycles. The number of piperidine rings is 1. The molecule has 1 aromatic rings. The molecule has 5 heteroatoms. The van der Waals surface area contributed by atoms with Crippen LogP contribution in [0, 0.1) is 0 Å².